The summed E-state index contributed by atoms with van der Waals surface area (Å²) in [6.45, 7) is 0. The molecule has 0 aliphatic carbocycles. The fraction of sp³-hybridized carbons (Fsp3) is 0. The summed E-state index contributed by atoms with van der Waals surface area (Å²) in [5.41, 5.74) is 5.78. The van der Waals surface area contributed by atoms with Crippen molar-refractivity contribution in [2.24, 2.45) is 0 Å². The molecular weight excluding hydrogens is 595 g/mol. The van der Waals surface area contributed by atoms with Gasteiger partial charge in [-0.1, -0.05) is 182 Å². The molecule has 228 valence electrons. The molecule has 0 aliphatic rings. The minimum absolute atomic E-state index is 1.12. The molecule has 0 heterocycles. The Labute approximate surface area is 284 Å². The van der Waals surface area contributed by atoms with Gasteiger partial charge in [-0.3, -0.25) is 0 Å². The van der Waals surface area contributed by atoms with Gasteiger partial charge < -0.3 is 4.90 Å². The molecule has 0 radical (unpaired) electrons. The molecule has 0 aromatic heterocycles. The predicted octanol–water partition coefficient (Wildman–Crippen LogP) is 9.35. The minimum Gasteiger partial charge on any atom is -0.310 e. The number of hydrogen-bond donors (Lipinski definition) is 0. The molecular formula is C46H35NSi. The average Bonchev–Trinajstić information content (AvgIpc) is 3.17. The molecule has 0 amide bonds. The number of nitrogens with zero attached hydrogens (tertiary/aromatic N) is 1. The number of rotatable bonds is 8. The number of benzene rings is 8. The van der Waals surface area contributed by atoms with E-state index in [9.17, 15) is 0 Å². The summed E-state index contributed by atoms with van der Waals surface area (Å²) in [7, 11) is -2.80. The quantitative estimate of drug-likeness (QED) is 0.120. The fourth-order valence-electron chi connectivity index (χ4n) is 7.21. The van der Waals surface area contributed by atoms with Crippen LogP contribution >= 0.6 is 0 Å². The maximum absolute atomic E-state index is 2.80. The highest BCUT2D eigenvalue weighted by molar-refractivity contribution is 7.20. The summed E-state index contributed by atoms with van der Waals surface area (Å²) in [6.07, 6.45) is 0. The third-order valence-electron chi connectivity index (χ3n) is 9.38. The Kier molecular flexibility index (Phi) is 8.00. The van der Waals surface area contributed by atoms with Crippen LogP contribution in [0.15, 0.2) is 212 Å². The smallest absolute Gasteiger partial charge is 0.179 e. The molecule has 0 atom stereocenters. The number of anilines is 3. The molecule has 8 aromatic carbocycles. The topological polar surface area (TPSA) is 3.24 Å². The third kappa shape index (κ3) is 5.33. The summed E-state index contributed by atoms with van der Waals surface area (Å²) < 4.78 is 0. The Hall–Kier alpha value is -5.96. The Balaban J connectivity index is 1.42. The van der Waals surface area contributed by atoms with E-state index in [-0.39, 0.29) is 0 Å². The third-order valence-corrected chi connectivity index (χ3v) is 14.1. The second-order valence-electron chi connectivity index (χ2n) is 12.1. The first-order chi connectivity index (χ1) is 23.8. The molecule has 0 saturated carbocycles. The van der Waals surface area contributed by atoms with E-state index >= 15 is 0 Å². The van der Waals surface area contributed by atoms with Crippen molar-refractivity contribution in [1.82, 2.24) is 0 Å². The summed E-state index contributed by atoms with van der Waals surface area (Å²) in [5.74, 6) is 0. The normalized spacial score (nSPS) is 11.3. The summed E-state index contributed by atoms with van der Waals surface area (Å²) in [5, 5.41) is 7.95. The molecule has 8 rings (SSSR count). The largest absolute Gasteiger partial charge is 0.310 e. The highest BCUT2D eigenvalue weighted by atomic mass is 28.3. The van der Waals surface area contributed by atoms with E-state index in [1.165, 1.54) is 42.6 Å². The molecule has 0 N–H and O–H groups in total. The fourth-order valence-corrected chi connectivity index (χ4v) is 12.0. The van der Waals surface area contributed by atoms with Crippen molar-refractivity contribution in [2.45, 2.75) is 0 Å². The van der Waals surface area contributed by atoms with Gasteiger partial charge >= 0.3 is 0 Å². The van der Waals surface area contributed by atoms with Crippen LogP contribution in [0.2, 0.25) is 0 Å². The molecule has 0 spiro atoms. The van der Waals surface area contributed by atoms with Crippen molar-refractivity contribution in [3.05, 3.63) is 212 Å². The van der Waals surface area contributed by atoms with Gasteiger partial charge in [-0.15, -0.1) is 0 Å². The van der Waals surface area contributed by atoms with Crippen LogP contribution in [0.4, 0.5) is 17.1 Å². The SMILES string of the molecule is c1ccc(-c2ccccc2N(c2ccccc2)c2cccc([Si](c3ccccc3)(c3ccccc3)c3ccc4ccccc4c3)c2)cc1. The van der Waals surface area contributed by atoms with Gasteiger partial charge in [0.2, 0.25) is 0 Å². The lowest BCUT2D eigenvalue weighted by atomic mass is 10.0. The van der Waals surface area contributed by atoms with Crippen molar-refractivity contribution >= 4 is 56.7 Å². The zero-order valence-corrected chi connectivity index (χ0v) is 27.7. The molecule has 0 saturated heterocycles. The molecule has 2 heteroatoms. The zero-order chi connectivity index (χ0) is 32.2. The lowest BCUT2D eigenvalue weighted by Crippen LogP contribution is -2.74. The zero-order valence-electron chi connectivity index (χ0n) is 26.7. The highest BCUT2D eigenvalue weighted by Gasteiger charge is 2.41. The van der Waals surface area contributed by atoms with Crippen molar-refractivity contribution in [3.63, 3.8) is 0 Å². The average molecular weight is 630 g/mol. The second kappa shape index (κ2) is 13.0. The van der Waals surface area contributed by atoms with Gasteiger partial charge in [0.15, 0.2) is 8.07 Å². The van der Waals surface area contributed by atoms with Gasteiger partial charge in [0.05, 0.1) is 5.69 Å². The maximum atomic E-state index is 2.45. The lowest BCUT2D eigenvalue weighted by molar-refractivity contribution is 1.29. The van der Waals surface area contributed by atoms with E-state index in [2.05, 4.69) is 217 Å². The van der Waals surface area contributed by atoms with Crippen LogP contribution in [0.3, 0.4) is 0 Å². The minimum atomic E-state index is -2.80. The number of hydrogen-bond acceptors (Lipinski definition) is 1. The number of fused-ring (bicyclic) bond motifs is 1. The lowest BCUT2D eigenvalue weighted by Gasteiger charge is -2.36. The second-order valence-corrected chi connectivity index (χ2v) is 16.0. The molecule has 1 nitrogen and oxygen atoms in total. The van der Waals surface area contributed by atoms with E-state index in [0.29, 0.717) is 0 Å². The van der Waals surface area contributed by atoms with E-state index in [1.54, 1.807) is 0 Å². The van der Waals surface area contributed by atoms with Crippen molar-refractivity contribution in [1.29, 1.82) is 0 Å². The van der Waals surface area contributed by atoms with E-state index in [0.717, 1.165) is 17.1 Å². The first-order valence-electron chi connectivity index (χ1n) is 16.5. The van der Waals surface area contributed by atoms with E-state index in [1.807, 2.05) is 0 Å². The Morgan fingerprint density at radius 2 is 0.812 bits per heavy atom. The summed E-state index contributed by atoms with van der Waals surface area (Å²) in [4.78, 5) is 2.42. The van der Waals surface area contributed by atoms with Crippen LogP contribution < -0.4 is 25.6 Å². The molecule has 8 aromatic rings. The Bertz CT molecular complexity index is 2240. The molecule has 48 heavy (non-hydrogen) atoms. The van der Waals surface area contributed by atoms with Crippen molar-refractivity contribution < 1.29 is 0 Å². The predicted molar refractivity (Wildman–Crippen MR) is 208 cm³/mol. The first kappa shape index (κ1) is 29.4. The maximum Gasteiger partial charge on any atom is 0.179 e. The number of para-hydroxylation sites is 2. The van der Waals surface area contributed by atoms with E-state index < -0.39 is 8.07 Å². The van der Waals surface area contributed by atoms with Gasteiger partial charge in [0.25, 0.3) is 0 Å². The van der Waals surface area contributed by atoms with Gasteiger partial charge in [0, 0.05) is 16.9 Å². The summed E-state index contributed by atoms with van der Waals surface area (Å²) >= 11 is 0. The molecule has 0 aliphatic heterocycles. The molecule has 0 fully saturated rings. The first-order valence-corrected chi connectivity index (χ1v) is 18.5. The van der Waals surface area contributed by atoms with Gasteiger partial charge in [-0.25, -0.2) is 0 Å². The molecule has 0 bridgehead atoms. The van der Waals surface area contributed by atoms with Crippen molar-refractivity contribution in [2.75, 3.05) is 4.90 Å². The van der Waals surface area contributed by atoms with Crippen LogP contribution in [-0.4, -0.2) is 8.07 Å². The van der Waals surface area contributed by atoms with Crippen LogP contribution in [-0.2, 0) is 0 Å². The van der Waals surface area contributed by atoms with E-state index in [4.69, 9.17) is 0 Å². The Morgan fingerprint density at radius 3 is 1.50 bits per heavy atom. The standard InChI is InChI=1S/C46H35NSi/c1-5-19-37(20-6-1)45-30-15-16-31-46(45)47(39-22-7-2-8-23-39)40-24-17-29-43(35-40)48(41-25-9-3-10-26-41,42-27-11-4-12-28-42)44-33-32-36-18-13-14-21-38(36)34-44/h1-35H. The Morgan fingerprint density at radius 1 is 0.312 bits per heavy atom. The molecule has 0 unspecified atom stereocenters. The van der Waals surface area contributed by atoms with Crippen LogP contribution in [0, 0.1) is 0 Å². The van der Waals surface area contributed by atoms with Crippen LogP contribution in [0.5, 0.6) is 0 Å². The van der Waals surface area contributed by atoms with Crippen LogP contribution in [0.1, 0.15) is 0 Å². The van der Waals surface area contributed by atoms with Gasteiger partial charge in [-0.05, 0) is 67.4 Å². The monoisotopic (exact) mass is 629 g/mol. The van der Waals surface area contributed by atoms with Gasteiger partial charge in [-0.2, -0.15) is 0 Å². The van der Waals surface area contributed by atoms with Gasteiger partial charge in [0.1, 0.15) is 0 Å². The van der Waals surface area contributed by atoms with Crippen molar-refractivity contribution in [3.8, 4) is 11.1 Å². The van der Waals surface area contributed by atoms with Crippen LogP contribution in [0.25, 0.3) is 21.9 Å². The summed E-state index contributed by atoms with van der Waals surface area (Å²) in [6, 6.07) is 77.7. The highest BCUT2D eigenvalue weighted by Crippen LogP contribution is 2.40.